The molecule has 2 aliphatic rings. The van der Waals surface area contributed by atoms with Crippen LogP contribution < -0.4 is 10.1 Å². The Hall–Kier alpha value is -2.56. The number of hydrogen-bond donors (Lipinski definition) is 1. The van der Waals surface area contributed by atoms with Crippen LogP contribution in [0, 0.1) is 5.92 Å². The number of hydrogen-bond acceptors (Lipinski definition) is 5. The van der Waals surface area contributed by atoms with E-state index in [1.807, 2.05) is 31.2 Å². The molecular weight excluding hydrogens is 306 g/mol. The van der Waals surface area contributed by atoms with Crippen LogP contribution in [0.2, 0.25) is 0 Å². The lowest BCUT2D eigenvalue weighted by Gasteiger charge is -2.37. The minimum absolute atomic E-state index is 0.148. The number of allylic oxidation sites excluding steroid dienone is 3. The first-order valence-electron chi connectivity index (χ1n) is 7.99. The minimum atomic E-state index is -0.404. The molecule has 0 spiro atoms. The Labute approximate surface area is 141 Å². The summed E-state index contributed by atoms with van der Waals surface area (Å²) < 4.78 is 10.2. The molecule has 1 aromatic carbocycles. The molecular formula is C19H21NO4. The van der Waals surface area contributed by atoms with Crippen LogP contribution in [0.3, 0.4) is 0 Å². The largest absolute Gasteiger partial charge is 0.497 e. The van der Waals surface area contributed by atoms with Crippen LogP contribution in [0.5, 0.6) is 5.75 Å². The topological polar surface area (TPSA) is 64.6 Å². The lowest BCUT2D eigenvalue weighted by molar-refractivity contribution is -0.136. The van der Waals surface area contributed by atoms with Gasteiger partial charge in [0.2, 0.25) is 0 Å². The molecule has 0 bridgehead atoms. The van der Waals surface area contributed by atoms with Gasteiger partial charge in [0.25, 0.3) is 0 Å². The highest BCUT2D eigenvalue weighted by Crippen LogP contribution is 2.43. The number of benzene rings is 1. The molecule has 1 heterocycles. The van der Waals surface area contributed by atoms with E-state index < -0.39 is 5.97 Å². The Balaban J connectivity index is 2.15. The molecule has 2 unspecified atom stereocenters. The monoisotopic (exact) mass is 327 g/mol. The molecule has 1 aliphatic carbocycles. The minimum Gasteiger partial charge on any atom is -0.497 e. The lowest BCUT2D eigenvalue weighted by Crippen LogP contribution is -2.40. The van der Waals surface area contributed by atoms with Crippen LogP contribution in [0.15, 0.2) is 47.3 Å². The molecule has 1 aromatic rings. The fourth-order valence-corrected chi connectivity index (χ4v) is 3.56. The van der Waals surface area contributed by atoms with Crippen molar-refractivity contribution in [3.8, 4) is 5.75 Å². The Morgan fingerprint density at radius 2 is 1.88 bits per heavy atom. The van der Waals surface area contributed by atoms with Gasteiger partial charge in [-0.25, -0.2) is 4.79 Å². The highest BCUT2D eigenvalue weighted by molar-refractivity contribution is 5.96. The summed E-state index contributed by atoms with van der Waals surface area (Å²) in [6, 6.07) is 7.51. The van der Waals surface area contributed by atoms with E-state index in [-0.39, 0.29) is 17.6 Å². The predicted molar refractivity (Wildman–Crippen MR) is 89.4 cm³/mol. The third kappa shape index (κ3) is 2.70. The third-order valence-electron chi connectivity index (χ3n) is 4.70. The second-order valence-electron chi connectivity index (χ2n) is 6.05. The molecule has 0 amide bonds. The molecule has 0 aromatic heterocycles. The van der Waals surface area contributed by atoms with Crippen LogP contribution in [-0.2, 0) is 14.3 Å². The number of fused-ring (bicyclic) bond motifs is 1. The van der Waals surface area contributed by atoms with E-state index in [0.29, 0.717) is 12.0 Å². The van der Waals surface area contributed by atoms with Gasteiger partial charge >= 0.3 is 5.97 Å². The maximum absolute atomic E-state index is 12.6. The summed E-state index contributed by atoms with van der Waals surface area (Å²) in [5.74, 6) is -0.236. The Morgan fingerprint density at radius 1 is 1.17 bits per heavy atom. The van der Waals surface area contributed by atoms with Crippen LogP contribution in [0.25, 0.3) is 0 Å². The first kappa shape index (κ1) is 16.3. The highest BCUT2D eigenvalue weighted by Gasteiger charge is 2.43. The van der Waals surface area contributed by atoms with Gasteiger partial charge in [0.1, 0.15) is 11.5 Å². The fraction of sp³-hybridized carbons (Fsp3) is 0.368. The summed E-state index contributed by atoms with van der Waals surface area (Å²) in [4.78, 5) is 25.0. The van der Waals surface area contributed by atoms with Gasteiger partial charge in [0, 0.05) is 23.7 Å². The van der Waals surface area contributed by atoms with Crippen molar-refractivity contribution >= 4 is 11.8 Å². The first-order chi connectivity index (χ1) is 11.6. The SMILES string of the molecule is COC(=O)C1=C(C)NC2=CCCC(=O)C2C1c1ccc(OC)cc1. The number of esters is 1. The smallest absolute Gasteiger partial charge is 0.336 e. The van der Waals surface area contributed by atoms with Gasteiger partial charge in [-0.3, -0.25) is 4.79 Å². The van der Waals surface area contributed by atoms with Crippen molar-refractivity contribution in [1.29, 1.82) is 0 Å². The van der Waals surface area contributed by atoms with Gasteiger partial charge in [0.15, 0.2) is 0 Å². The van der Waals surface area contributed by atoms with Crippen LogP contribution in [-0.4, -0.2) is 26.0 Å². The molecule has 0 fully saturated rings. The molecule has 2 atom stereocenters. The predicted octanol–water partition coefficient (Wildman–Crippen LogP) is 2.69. The summed E-state index contributed by atoms with van der Waals surface area (Å²) >= 11 is 0. The van der Waals surface area contributed by atoms with E-state index in [4.69, 9.17) is 9.47 Å². The van der Waals surface area contributed by atoms with Crippen molar-refractivity contribution in [2.75, 3.05) is 14.2 Å². The maximum atomic E-state index is 12.6. The van der Waals surface area contributed by atoms with Crippen molar-refractivity contribution in [2.45, 2.75) is 25.7 Å². The molecule has 0 saturated heterocycles. The Morgan fingerprint density at radius 3 is 2.50 bits per heavy atom. The van der Waals surface area contributed by atoms with E-state index in [2.05, 4.69) is 11.4 Å². The van der Waals surface area contributed by atoms with E-state index in [0.717, 1.165) is 29.1 Å². The molecule has 24 heavy (non-hydrogen) atoms. The number of nitrogens with one attached hydrogen (secondary N) is 1. The summed E-state index contributed by atoms with van der Waals surface area (Å²) in [7, 11) is 2.97. The molecule has 5 heteroatoms. The van der Waals surface area contributed by atoms with Crippen molar-refractivity contribution in [3.05, 3.63) is 52.9 Å². The first-order valence-corrected chi connectivity index (χ1v) is 7.99. The molecule has 0 radical (unpaired) electrons. The zero-order chi connectivity index (χ0) is 17.3. The molecule has 1 aliphatic heterocycles. The van der Waals surface area contributed by atoms with Gasteiger partial charge in [0.05, 0.1) is 25.7 Å². The standard InChI is InChI=1S/C19H21NO4/c1-11-16(19(22)24-3)17(12-7-9-13(23-2)10-8-12)18-14(20-11)5-4-6-15(18)21/h5,7-10,17-18,20H,4,6H2,1-3H3. The van der Waals surface area contributed by atoms with Crippen LogP contribution >= 0.6 is 0 Å². The lowest BCUT2D eigenvalue weighted by atomic mass is 9.71. The Bertz CT molecular complexity index is 730. The van der Waals surface area contributed by atoms with Gasteiger partial charge in [-0.15, -0.1) is 0 Å². The molecule has 3 rings (SSSR count). The van der Waals surface area contributed by atoms with Gasteiger partial charge in [-0.2, -0.15) is 0 Å². The van der Waals surface area contributed by atoms with E-state index in [9.17, 15) is 9.59 Å². The van der Waals surface area contributed by atoms with E-state index in [1.54, 1.807) is 7.11 Å². The average Bonchev–Trinajstić information content (AvgIpc) is 2.60. The highest BCUT2D eigenvalue weighted by atomic mass is 16.5. The second kappa shape index (κ2) is 6.51. The van der Waals surface area contributed by atoms with Crippen LogP contribution in [0.4, 0.5) is 0 Å². The van der Waals surface area contributed by atoms with E-state index in [1.165, 1.54) is 7.11 Å². The molecule has 5 nitrogen and oxygen atoms in total. The van der Waals surface area contributed by atoms with Crippen molar-refractivity contribution < 1.29 is 19.1 Å². The number of carbonyl (C=O) groups is 2. The average molecular weight is 327 g/mol. The summed E-state index contributed by atoms with van der Waals surface area (Å²) in [5.41, 5.74) is 3.04. The van der Waals surface area contributed by atoms with Gasteiger partial charge in [-0.1, -0.05) is 18.2 Å². The number of methoxy groups -OCH3 is 2. The number of ether oxygens (including phenoxy) is 2. The van der Waals surface area contributed by atoms with Gasteiger partial charge in [-0.05, 0) is 31.0 Å². The summed E-state index contributed by atoms with van der Waals surface area (Å²) in [5, 5.41) is 3.23. The second-order valence-corrected chi connectivity index (χ2v) is 6.05. The number of carbonyl (C=O) groups excluding carboxylic acids is 2. The molecule has 0 saturated carbocycles. The Kier molecular flexibility index (Phi) is 4.42. The van der Waals surface area contributed by atoms with Gasteiger partial charge < -0.3 is 14.8 Å². The summed E-state index contributed by atoms with van der Waals surface area (Å²) in [6.45, 7) is 1.85. The number of rotatable bonds is 3. The van der Waals surface area contributed by atoms with Crippen molar-refractivity contribution in [3.63, 3.8) is 0 Å². The van der Waals surface area contributed by atoms with Crippen LogP contribution in [0.1, 0.15) is 31.2 Å². The fourth-order valence-electron chi connectivity index (χ4n) is 3.56. The summed E-state index contributed by atoms with van der Waals surface area (Å²) in [6.07, 6.45) is 3.28. The normalized spacial score (nSPS) is 23.1. The van der Waals surface area contributed by atoms with E-state index >= 15 is 0 Å². The zero-order valence-electron chi connectivity index (χ0n) is 14.1. The zero-order valence-corrected chi connectivity index (χ0v) is 14.1. The third-order valence-corrected chi connectivity index (χ3v) is 4.70. The maximum Gasteiger partial charge on any atom is 0.336 e. The molecule has 1 N–H and O–H groups in total. The quantitative estimate of drug-likeness (QED) is 0.865. The molecule has 126 valence electrons. The number of Topliss-reactive ketones (excluding diaryl/α,β-unsaturated/α-hetero) is 1. The number of ketones is 1. The van der Waals surface area contributed by atoms with Crippen molar-refractivity contribution in [2.24, 2.45) is 5.92 Å². The van der Waals surface area contributed by atoms with Crippen molar-refractivity contribution in [1.82, 2.24) is 5.32 Å².